The Balaban J connectivity index is 3.90. The molecule has 0 aromatic carbocycles. The summed E-state index contributed by atoms with van der Waals surface area (Å²) in [6.07, 6.45) is 28.8. The summed E-state index contributed by atoms with van der Waals surface area (Å²) in [5, 5.41) is 0. The van der Waals surface area contributed by atoms with Gasteiger partial charge in [-0.15, -0.1) is 0 Å². The predicted octanol–water partition coefficient (Wildman–Crippen LogP) is 10.5. The minimum atomic E-state index is -2.91. The first-order chi connectivity index (χ1) is 18.1. The van der Waals surface area contributed by atoms with E-state index in [1.807, 2.05) is 13.8 Å². The first-order valence-corrected chi connectivity index (χ1v) is 18.8. The van der Waals surface area contributed by atoms with Crippen molar-refractivity contribution in [2.24, 2.45) is 0 Å². The van der Waals surface area contributed by atoms with Crippen LogP contribution in [0, 0.1) is 0 Å². The fourth-order valence-electron chi connectivity index (χ4n) is 4.94. The highest BCUT2D eigenvalue weighted by Crippen LogP contribution is 2.22. The molecule has 4 nitrogen and oxygen atoms in total. The molecule has 0 aromatic heterocycles. The third-order valence-electron chi connectivity index (χ3n) is 7.12. The van der Waals surface area contributed by atoms with Gasteiger partial charge in [0.25, 0.3) is 5.97 Å². The molecule has 0 N–H and O–H groups in total. The van der Waals surface area contributed by atoms with Crippen LogP contribution in [0.2, 0.25) is 6.04 Å². The van der Waals surface area contributed by atoms with Crippen LogP contribution in [0.5, 0.6) is 0 Å². The SMILES string of the molecule is CCCCCCCCCCCCCCCCCC(=O)O[Si](CCCCCCCCCS)(OCC)OCC. The standard InChI is InChI=1S/C31H64O4SSi/c1-4-7-8-9-10-11-12-13-14-15-16-17-19-22-25-28-31(32)35-37(33-5-2,34-6-3)30-27-24-21-18-20-23-26-29-36/h36H,4-30H2,1-3H3. The summed E-state index contributed by atoms with van der Waals surface area (Å²) in [5.74, 6) is 0.858. The molecule has 0 saturated carbocycles. The van der Waals surface area contributed by atoms with E-state index >= 15 is 0 Å². The van der Waals surface area contributed by atoms with Crippen LogP contribution in [0.25, 0.3) is 0 Å². The summed E-state index contributed by atoms with van der Waals surface area (Å²) in [6, 6.07) is 0.746. The van der Waals surface area contributed by atoms with Crippen molar-refractivity contribution < 1.29 is 18.1 Å². The monoisotopic (exact) mass is 560 g/mol. The minimum Gasteiger partial charge on any atom is -0.473 e. The lowest BCUT2D eigenvalue weighted by Gasteiger charge is -2.28. The van der Waals surface area contributed by atoms with Crippen LogP contribution >= 0.6 is 12.6 Å². The van der Waals surface area contributed by atoms with E-state index in [0.717, 1.165) is 37.5 Å². The first kappa shape index (κ1) is 37.0. The molecule has 0 atom stereocenters. The molecule has 0 aliphatic carbocycles. The number of carbonyl (C=O) groups excluding carboxylic acids is 1. The van der Waals surface area contributed by atoms with Gasteiger partial charge in [-0.05, 0) is 38.9 Å². The summed E-state index contributed by atoms with van der Waals surface area (Å²) in [5.41, 5.74) is 0. The molecule has 0 radical (unpaired) electrons. The average molecular weight is 561 g/mol. The molecule has 0 amide bonds. The normalized spacial score (nSPS) is 11.8. The smallest absolute Gasteiger partial charge is 0.473 e. The average Bonchev–Trinajstić information content (AvgIpc) is 2.88. The number of rotatable bonds is 30. The van der Waals surface area contributed by atoms with E-state index in [0.29, 0.717) is 19.6 Å². The molecule has 222 valence electrons. The Morgan fingerprint density at radius 1 is 0.541 bits per heavy atom. The molecule has 0 unspecified atom stereocenters. The van der Waals surface area contributed by atoms with E-state index in [4.69, 9.17) is 13.3 Å². The van der Waals surface area contributed by atoms with Gasteiger partial charge in [0.1, 0.15) is 0 Å². The van der Waals surface area contributed by atoms with Crippen molar-refractivity contribution in [1.29, 1.82) is 0 Å². The summed E-state index contributed by atoms with van der Waals surface area (Å²) >= 11 is 4.28. The van der Waals surface area contributed by atoms with Crippen molar-refractivity contribution in [3.63, 3.8) is 0 Å². The fraction of sp³-hybridized carbons (Fsp3) is 0.968. The van der Waals surface area contributed by atoms with Crippen molar-refractivity contribution in [3.05, 3.63) is 0 Å². The van der Waals surface area contributed by atoms with Gasteiger partial charge in [-0.25, -0.2) is 0 Å². The van der Waals surface area contributed by atoms with E-state index in [2.05, 4.69) is 19.6 Å². The van der Waals surface area contributed by atoms with Gasteiger partial charge in [-0.1, -0.05) is 129 Å². The van der Waals surface area contributed by atoms with Gasteiger partial charge < -0.3 is 13.3 Å². The predicted molar refractivity (Wildman–Crippen MR) is 166 cm³/mol. The maximum absolute atomic E-state index is 12.6. The number of hydrogen-bond donors (Lipinski definition) is 1. The van der Waals surface area contributed by atoms with Crippen LogP contribution in [0.1, 0.15) is 168 Å². The van der Waals surface area contributed by atoms with Crippen LogP contribution < -0.4 is 0 Å². The van der Waals surface area contributed by atoms with Gasteiger partial charge in [0.2, 0.25) is 0 Å². The largest absolute Gasteiger partial charge is 0.567 e. The zero-order chi connectivity index (χ0) is 27.3. The Kier molecular flexibility index (Phi) is 28.9. The van der Waals surface area contributed by atoms with E-state index in [1.165, 1.54) is 116 Å². The molecule has 0 bridgehead atoms. The highest BCUT2D eigenvalue weighted by atomic mass is 32.1. The summed E-state index contributed by atoms with van der Waals surface area (Å²) in [7, 11) is -2.91. The Labute approximate surface area is 238 Å². The van der Waals surface area contributed by atoms with E-state index in [1.54, 1.807) is 0 Å². The lowest BCUT2D eigenvalue weighted by Crippen LogP contribution is -2.47. The van der Waals surface area contributed by atoms with Gasteiger partial charge in [0.05, 0.1) is 0 Å². The van der Waals surface area contributed by atoms with Crippen molar-refractivity contribution >= 4 is 27.4 Å². The molecule has 0 fully saturated rings. The lowest BCUT2D eigenvalue weighted by atomic mass is 10.0. The maximum atomic E-state index is 12.6. The second-order valence-electron chi connectivity index (χ2n) is 10.7. The third kappa shape index (κ3) is 24.7. The number of carbonyl (C=O) groups is 1. The number of unbranched alkanes of at least 4 members (excludes halogenated alkanes) is 20. The van der Waals surface area contributed by atoms with Crippen LogP contribution in [-0.2, 0) is 18.1 Å². The van der Waals surface area contributed by atoms with E-state index in [-0.39, 0.29) is 5.97 Å². The molecule has 37 heavy (non-hydrogen) atoms. The third-order valence-corrected chi connectivity index (χ3v) is 10.4. The zero-order valence-corrected chi connectivity index (χ0v) is 27.1. The minimum absolute atomic E-state index is 0.130. The van der Waals surface area contributed by atoms with Crippen molar-refractivity contribution in [3.8, 4) is 0 Å². The van der Waals surface area contributed by atoms with Crippen molar-refractivity contribution in [2.75, 3.05) is 19.0 Å². The highest BCUT2D eigenvalue weighted by Gasteiger charge is 2.43. The van der Waals surface area contributed by atoms with Gasteiger partial charge in [0.15, 0.2) is 0 Å². The maximum Gasteiger partial charge on any atom is 0.567 e. The van der Waals surface area contributed by atoms with Crippen LogP contribution in [-0.4, -0.2) is 33.7 Å². The Morgan fingerprint density at radius 2 is 0.919 bits per heavy atom. The molecule has 0 heterocycles. The molecule has 6 heteroatoms. The quantitative estimate of drug-likeness (QED) is 0.0539. The zero-order valence-electron chi connectivity index (χ0n) is 25.2. The molecule has 0 rings (SSSR count). The van der Waals surface area contributed by atoms with Gasteiger partial charge >= 0.3 is 8.80 Å². The highest BCUT2D eigenvalue weighted by molar-refractivity contribution is 7.80. The molecule has 0 saturated heterocycles. The van der Waals surface area contributed by atoms with E-state index < -0.39 is 8.80 Å². The summed E-state index contributed by atoms with van der Waals surface area (Å²) < 4.78 is 17.9. The molecule has 0 aromatic rings. The lowest BCUT2D eigenvalue weighted by molar-refractivity contribution is -0.139. The topological polar surface area (TPSA) is 44.8 Å². The van der Waals surface area contributed by atoms with Gasteiger partial charge in [0, 0.05) is 25.7 Å². The number of thiol groups is 1. The first-order valence-electron chi connectivity index (χ1n) is 16.2. The van der Waals surface area contributed by atoms with Crippen LogP contribution in [0.4, 0.5) is 0 Å². The van der Waals surface area contributed by atoms with Crippen LogP contribution in [0.3, 0.4) is 0 Å². The van der Waals surface area contributed by atoms with Crippen molar-refractivity contribution in [2.45, 2.75) is 174 Å². The molecule has 0 spiro atoms. The van der Waals surface area contributed by atoms with Crippen molar-refractivity contribution in [1.82, 2.24) is 0 Å². The molecule has 0 aliphatic heterocycles. The van der Waals surface area contributed by atoms with E-state index in [9.17, 15) is 4.79 Å². The summed E-state index contributed by atoms with van der Waals surface area (Å²) in [6.45, 7) is 7.27. The molecular weight excluding hydrogens is 496 g/mol. The Bertz CT molecular complexity index is 472. The Morgan fingerprint density at radius 3 is 1.32 bits per heavy atom. The second kappa shape index (κ2) is 29.0. The number of hydrogen-bond acceptors (Lipinski definition) is 5. The molecule has 0 aliphatic rings. The van der Waals surface area contributed by atoms with Gasteiger partial charge in [-0.2, -0.15) is 12.6 Å². The molecular formula is C31H64O4SSi. The second-order valence-corrected chi connectivity index (χ2v) is 13.8. The Hall–Kier alpha value is -0.0431. The fourth-order valence-corrected chi connectivity index (χ4v) is 7.77. The summed E-state index contributed by atoms with van der Waals surface area (Å²) in [4.78, 5) is 12.6. The van der Waals surface area contributed by atoms with Gasteiger partial charge in [-0.3, -0.25) is 4.79 Å². The van der Waals surface area contributed by atoms with Crippen LogP contribution in [0.15, 0.2) is 0 Å².